The first kappa shape index (κ1) is 24.7. The summed E-state index contributed by atoms with van der Waals surface area (Å²) >= 11 is 0. The molecule has 2 aromatic rings. The summed E-state index contributed by atoms with van der Waals surface area (Å²) in [7, 11) is 2.89. The van der Waals surface area contributed by atoms with Gasteiger partial charge in [-0.05, 0) is 22.3 Å². The Balaban J connectivity index is 1.30. The van der Waals surface area contributed by atoms with Gasteiger partial charge in [0, 0.05) is 39.6 Å². The molecular formula is C26H30N2O7. The van der Waals surface area contributed by atoms with Gasteiger partial charge in [-0.3, -0.25) is 4.79 Å². The summed E-state index contributed by atoms with van der Waals surface area (Å²) < 4.78 is 16.1. The zero-order valence-electron chi connectivity index (χ0n) is 19.9. The molecule has 0 saturated carbocycles. The minimum absolute atomic E-state index is 0.0450. The Kier molecular flexibility index (Phi) is 7.37. The smallest absolute Gasteiger partial charge is 0.407 e. The Labute approximate surface area is 204 Å². The second kappa shape index (κ2) is 10.5. The number of ether oxygens (including phenoxy) is 3. The van der Waals surface area contributed by atoms with Gasteiger partial charge in [0.1, 0.15) is 6.61 Å². The third-order valence-corrected chi connectivity index (χ3v) is 6.97. The highest BCUT2D eigenvalue weighted by Crippen LogP contribution is 2.44. The number of benzene rings is 2. The van der Waals surface area contributed by atoms with Crippen LogP contribution in [0.15, 0.2) is 48.5 Å². The zero-order chi connectivity index (χ0) is 25.0. The predicted octanol–water partition coefficient (Wildman–Crippen LogP) is 2.63. The fraction of sp³-hybridized carbons (Fsp3) is 0.423. The molecule has 9 heteroatoms. The molecule has 0 aromatic heterocycles. The number of aliphatic carboxylic acids is 1. The summed E-state index contributed by atoms with van der Waals surface area (Å²) in [5.74, 6) is -1.56. The van der Waals surface area contributed by atoms with Crippen molar-refractivity contribution in [1.29, 1.82) is 0 Å². The number of carboxylic acids is 1. The molecule has 1 aliphatic carbocycles. The van der Waals surface area contributed by atoms with E-state index >= 15 is 0 Å². The molecule has 1 aliphatic heterocycles. The minimum Gasteiger partial charge on any atom is -0.479 e. The standard InChI is InChI=1S/C26H30N2O7/c1-28(26(24(30)31)11-12-34-16-26)23(29)13-17(33-2)14-27-25(32)35-15-22-20-9-5-3-7-18(20)19-8-4-6-10-21(19)22/h3-10,17,22H,11-16H2,1-2H3,(H,27,32)(H,30,31). The average Bonchev–Trinajstić information content (AvgIpc) is 3.49. The van der Waals surface area contributed by atoms with Crippen molar-refractivity contribution < 1.29 is 33.7 Å². The molecule has 1 saturated heterocycles. The van der Waals surface area contributed by atoms with E-state index < -0.39 is 29.6 Å². The monoisotopic (exact) mass is 482 g/mol. The van der Waals surface area contributed by atoms with E-state index in [1.165, 1.54) is 19.1 Å². The first-order chi connectivity index (χ1) is 16.9. The van der Waals surface area contributed by atoms with Crippen molar-refractivity contribution in [1.82, 2.24) is 10.2 Å². The molecule has 2 aliphatic rings. The normalized spacial score (nSPS) is 19.5. The highest BCUT2D eigenvalue weighted by atomic mass is 16.5. The summed E-state index contributed by atoms with van der Waals surface area (Å²) in [6.07, 6.45) is -1.12. The molecule has 35 heavy (non-hydrogen) atoms. The number of amides is 2. The molecule has 2 unspecified atom stereocenters. The maximum Gasteiger partial charge on any atom is 0.407 e. The molecule has 2 amide bonds. The van der Waals surface area contributed by atoms with Gasteiger partial charge in [0.05, 0.1) is 19.1 Å². The molecule has 0 bridgehead atoms. The van der Waals surface area contributed by atoms with Gasteiger partial charge in [0.2, 0.25) is 5.91 Å². The van der Waals surface area contributed by atoms with E-state index in [1.807, 2.05) is 36.4 Å². The Morgan fingerprint density at radius 3 is 2.31 bits per heavy atom. The Hall–Kier alpha value is -3.43. The first-order valence-corrected chi connectivity index (χ1v) is 11.6. The second-order valence-electron chi connectivity index (χ2n) is 8.86. The van der Waals surface area contributed by atoms with E-state index in [1.54, 1.807) is 0 Å². The first-order valence-electron chi connectivity index (χ1n) is 11.6. The molecule has 2 aromatic carbocycles. The van der Waals surface area contributed by atoms with Crippen LogP contribution < -0.4 is 5.32 Å². The molecule has 9 nitrogen and oxygen atoms in total. The SMILES string of the molecule is COC(CNC(=O)OCC1c2ccccc2-c2ccccc21)CC(=O)N(C)C1(C(=O)O)CCOC1. The van der Waals surface area contributed by atoms with Crippen LogP contribution in [0.4, 0.5) is 4.79 Å². The quantitative estimate of drug-likeness (QED) is 0.565. The van der Waals surface area contributed by atoms with Crippen molar-refractivity contribution in [2.75, 3.05) is 40.5 Å². The third-order valence-electron chi connectivity index (χ3n) is 6.97. The lowest BCUT2D eigenvalue weighted by atomic mass is 9.96. The maximum absolute atomic E-state index is 12.8. The Morgan fingerprint density at radius 1 is 1.14 bits per heavy atom. The van der Waals surface area contributed by atoms with E-state index in [9.17, 15) is 19.5 Å². The van der Waals surface area contributed by atoms with Crippen molar-refractivity contribution in [3.8, 4) is 11.1 Å². The number of rotatable bonds is 9. The van der Waals surface area contributed by atoms with E-state index in [2.05, 4.69) is 17.4 Å². The number of carbonyl (C=O) groups excluding carboxylic acids is 2. The lowest BCUT2D eigenvalue weighted by Gasteiger charge is -2.34. The van der Waals surface area contributed by atoms with Crippen molar-refractivity contribution in [2.24, 2.45) is 0 Å². The number of nitrogens with zero attached hydrogens (tertiary/aromatic N) is 1. The average molecular weight is 483 g/mol. The second-order valence-corrected chi connectivity index (χ2v) is 8.86. The third kappa shape index (κ3) is 4.87. The number of hydrogen-bond acceptors (Lipinski definition) is 6. The van der Waals surface area contributed by atoms with Crippen LogP contribution in [-0.2, 0) is 23.8 Å². The van der Waals surface area contributed by atoms with Crippen LogP contribution in [0, 0.1) is 0 Å². The van der Waals surface area contributed by atoms with Gasteiger partial charge in [-0.25, -0.2) is 9.59 Å². The lowest BCUT2D eigenvalue weighted by molar-refractivity contribution is -0.158. The number of hydrogen-bond donors (Lipinski definition) is 2. The van der Waals surface area contributed by atoms with E-state index in [-0.39, 0.29) is 45.1 Å². The fourth-order valence-electron chi connectivity index (χ4n) is 4.79. The number of nitrogens with one attached hydrogen (secondary N) is 1. The summed E-state index contributed by atoms with van der Waals surface area (Å²) in [4.78, 5) is 38.2. The maximum atomic E-state index is 12.8. The van der Waals surface area contributed by atoms with Crippen molar-refractivity contribution in [2.45, 2.75) is 30.4 Å². The van der Waals surface area contributed by atoms with E-state index in [0.717, 1.165) is 22.3 Å². The summed E-state index contributed by atoms with van der Waals surface area (Å²) in [5.41, 5.74) is 3.15. The number of carboxylic acid groups (broad SMARTS) is 1. The molecule has 1 fully saturated rings. The van der Waals surface area contributed by atoms with Crippen molar-refractivity contribution in [3.05, 3.63) is 59.7 Å². The van der Waals surface area contributed by atoms with Crippen LogP contribution in [0.1, 0.15) is 29.9 Å². The van der Waals surface area contributed by atoms with Gasteiger partial charge < -0.3 is 29.5 Å². The van der Waals surface area contributed by atoms with E-state index in [0.29, 0.717) is 0 Å². The fourth-order valence-corrected chi connectivity index (χ4v) is 4.79. The summed E-state index contributed by atoms with van der Waals surface area (Å²) in [6, 6.07) is 16.2. The molecule has 186 valence electrons. The number of carbonyl (C=O) groups is 3. The topological polar surface area (TPSA) is 114 Å². The van der Waals surface area contributed by atoms with Crippen LogP contribution in [0.3, 0.4) is 0 Å². The van der Waals surface area contributed by atoms with Gasteiger partial charge in [-0.1, -0.05) is 48.5 Å². The summed E-state index contributed by atoms with van der Waals surface area (Å²) in [6.45, 7) is 0.449. The van der Waals surface area contributed by atoms with Crippen molar-refractivity contribution in [3.63, 3.8) is 0 Å². The van der Waals surface area contributed by atoms with Crippen LogP contribution in [0.25, 0.3) is 11.1 Å². The van der Waals surface area contributed by atoms with Gasteiger partial charge >= 0.3 is 12.1 Å². The zero-order valence-corrected chi connectivity index (χ0v) is 19.9. The Morgan fingerprint density at radius 2 is 1.77 bits per heavy atom. The van der Waals surface area contributed by atoms with E-state index in [4.69, 9.17) is 14.2 Å². The van der Waals surface area contributed by atoms with Crippen LogP contribution in [0.5, 0.6) is 0 Å². The van der Waals surface area contributed by atoms with Gasteiger partial charge in [0.25, 0.3) is 0 Å². The molecule has 4 rings (SSSR count). The largest absolute Gasteiger partial charge is 0.479 e. The predicted molar refractivity (Wildman–Crippen MR) is 127 cm³/mol. The van der Waals surface area contributed by atoms with Crippen LogP contribution in [-0.4, -0.2) is 80.1 Å². The minimum atomic E-state index is -1.38. The van der Waals surface area contributed by atoms with Gasteiger partial charge in [0.15, 0.2) is 5.54 Å². The summed E-state index contributed by atoms with van der Waals surface area (Å²) in [5, 5.41) is 12.3. The molecule has 0 radical (unpaired) electrons. The highest BCUT2D eigenvalue weighted by molar-refractivity contribution is 5.87. The number of likely N-dealkylation sites (N-methyl/N-ethyl adjacent to an activating group) is 1. The molecule has 2 atom stereocenters. The van der Waals surface area contributed by atoms with Crippen molar-refractivity contribution >= 4 is 18.0 Å². The lowest BCUT2D eigenvalue weighted by Crippen LogP contribution is -2.56. The Bertz CT molecular complexity index is 1050. The van der Waals surface area contributed by atoms with Gasteiger partial charge in [-0.15, -0.1) is 0 Å². The number of alkyl carbamates (subject to hydrolysis) is 1. The molecular weight excluding hydrogens is 452 g/mol. The molecule has 1 heterocycles. The number of fused-ring (bicyclic) bond motifs is 3. The molecule has 0 spiro atoms. The highest BCUT2D eigenvalue weighted by Gasteiger charge is 2.48. The van der Waals surface area contributed by atoms with Gasteiger partial charge in [-0.2, -0.15) is 0 Å². The molecule has 2 N–H and O–H groups in total. The van der Waals surface area contributed by atoms with Crippen LogP contribution >= 0.6 is 0 Å². The van der Waals surface area contributed by atoms with Crippen LogP contribution in [0.2, 0.25) is 0 Å². The number of methoxy groups -OCH3 is 1.